The minimum absolute atomic E-state index is 0.0923. The quantitative estimate of drug-likeness (QED) is 0.674. The maximum Gasteiger partial charge on any atom is 0.362 e. The van der Waals surface area contributed by atoms with E-state index in [-0.39, 0.29) is 12.2 Å². The third-order valence-corrected chi connectivity index (χ3v) is 3.74. The molecule has 1 heterocycles. The molecule has 0 spiro atoms. The first-order chi connectivity index (χ1) is 12.0. The summed E-state index contributed by atoms with van der Waals surface area (Å²) >= 11 is 5.93. The number of hydrogen-bond acceptors (Lipinski definition) is 5. The molecule has 1 aromatic heterocycles. The third kappa shape index (κ3) is 3.16. The number of ether oxygens (including phenoxy) is 1. The molecular formula is C18H13ClN2O4. The van der Waals surface area contributed by atoms with Crippen LogP contribution in [0.5, 0.6) is 0 Å². The van der Waals surface area contributed by atoms with Gasteiger partial charge in [-0.05, 0) is 37.3 Å². The molecule has 0 radical (unpaired) electrons. The highest BCUT2D eigenvalue weighted by Gasteiger charge is 2.22. The van der Waals surface area contributed by atoms with Crippen LogP contribution >= 0.6 is 11.6 Å². The van der Waals surface area contributed by atoms with Crippen molar-refractivity contribution >= 4 is 34.5 Å². The van der Waals surface area contributed by atoms with E-state index < -0.39 is 23.1 Å². The molecule has 3 aromatic rings. The van der Waals surface area contributed by atoms with Crippen molar-refractivity contribution in [2.45, 2.75) is 6.92 Å². The lowest BCUT2D eigenvalue weighted by molar-refractivity contribution is 0.0517. The minimum Gasteiger partial charge on any atom is -0.461 e. The molecule has 0 bridgehead atoms. The molecule has 0 aliphatic carbocycles. The summed E-state index contributed by atoms with van der Waals surface area (Å²) in [6.07, 6.45) is 0. The van der Waals surface area contributed by atoms with Crippen molar-refractivity contribution in [2.24, 2.45) is 0 Å². The molecule has 0 unspecified atom stereocenters. The zero-order valence-electron chi connectivity index (χ0n) is 13.2. The predicted octanol–water partition coefficient (Wildman–Crippen LogP) is 2.92. The number of rotatable bonds is 3. The third-order valence-electron chi connectivity index (χ3n) is 3.50. The molecule has 0 N–H and O–H groups in total. The van der Waals surface area contributed by atoms with Crippen LogP contribution < -0.4 is 5.56 Å². The Balaban J connectivity index is 2.29. The number of halogens is 1. The van der Waals surface area contributed by atoms with Crippen LogP contribution in [0.4, 0.5) is 0 Å². The fraction of sp³-hybridized carbons (Fsp3) is 0.111. The molecule has 0 fully saturated rings. The van der Waals surface area contributed by atoms with E-state index in [1.165, 1.54) is 6.07 Å². The summed E-state index contributed by atoms with van der Waals surface area (Å²) in [6, 6.07) is 12.8. The van der Waals surface area contributed by atoms with Crippen LogP contribution in [0, 0.1) is 0 Å². The Hall–Kier alpha value is -2.99. The Morgan fingerprint density at radius 3 is 2.64 bits per heavy atom. The molecular weight excluding hydrogens is 344 g/mol. The number of hydrogen-bond donors (Lipinski definition) is 0. The highest BCUT2D eigenvalue weighted by molar-refractivity contribution is 6.31. The molecule has 0 saturated heterocycles. The normalized spacial score (nSPS) is 10.6. The second kappa shape index (κ2) is 6.86. The molecule has 7 heteroatoms. The van der Waals surface area contributed by atoms with Crippen molar-refractivity contribution in [3.8, 4) is 0 Å². The average molecular weight is 357 g/mol. The summed E-state index contributed by atoms with van der Waals surface area (Å²) < 4.78 is 5.79. The largest absolute Gasteiger partial charge is 0.461 e. The molecule has 126 valence electrons. The van der Waals surface area contributed by atoms with Crippen LogP contribution in [-0.2, 0) is 4.74 Å². The van der Waals surface area contributed by atoms with E-state index in [4.69, 9.17) is 16.3 Å². The topological polar surface area (TPSA) is 78.3 Å². The average Bonchev–Trinajstić information content (AvgIpc) is 2.61. The number of aromatic nitrogens is 2. The van der Waals surface area contributed by atoms with E-state index in [1.807, 2.05) is 0 Å². The monoisotopic (exact) mass is 356 g/mol. The second-order valence-electron chi connectivity index (χ2n) is 5.13. The van der Waals surface area contributed by atoms with Crippen LogP contribution in [0.25, 0.3) is 11.0 Å². The van der Waals surface area contributed by atoms with Crippen molar-refractivity contribution < 1.29 is 14.3 Å². The lowest BCUT2D eigenvalue weighted by Gasteiger charge is -2.11. The van der Waals surface area contributed by atoms with Crippen molar-refractivity contribution in [1.82, 2.24) is 9.55 Å². The highest BCUT2D eigenvalue weighted by atomic mass is 35.5. The summed E-state index contributed by atoms with van der Waals surface area (Å²) in [5.41, 5.74) is -0.412. The Morgan fingerprint density at radius 1 is 1.16 bits per heavy atom. The molecule has 0 atom stereocenters. The molecule has 2 aromatic carbocycles. The Labute approximate surface area is 147 Å². The molecule has 6 nitrogen and oxygen atoms in total. The van der Waals surface area contributed by atoms with Gasteiger partial charge in [0.25, 0.3) is 11.5 Å². The smallest absolute Gasteiger partial charge is 0.362 e. The zero-order chi connectivity index (χ0) is 18.0. The van der Waals surface area contributed by atoms with Gasteiger partial charge in [-0.25, -0.2) is 14.3 Å². The van der Waals surface area contributed by atoms with E-state index in [2.05, 4.69) is 4.98 Å². The fourth-order valence-corrected chi connectivity index (χ4v) is 2.61. The SMILES string of the molecule is CCOC(=O)c1nc2ccccc2n(C(=O)c2cccc(Cl)c2)c1=O. The van der Waals surface area contributed by atoms with Gasteiger partial charge in [-0.3, -0.25) is 9.59 Å². The maximum atomic E-state index is 12.9. The predicted molar refractivity (Wildman–Crippen MR) is 93.1 cm³/mol. The first kappa shape index (κ1) is 16.9. The molecule has 0 amide bonds. The van der Waals surface area contributed by atoms with Crippen LogP contribution in [0.2, 0.25) is 5.02 Å². The first-order valence-corrected chi connectivity index (χ1v) is 7.90. The van der Waals surface area contributed by atoms with Crippen molar-refractivity contribution in [2.75, 3.05) is 6.61 Å². The van der Waals surface area contributed by atoms with Crippen LogP contribution in [-0.4, -0.2) is 28.0 Å². The molecule has 0 aliphatic heterocycles. The van der Waals surface area contributed by atoms with E-state index in [0.29, 0.717) is 16.1 Å². The lowest BCUT2D eigenvalue weighted by Crippen LogP contribution is -2.33. The zero-order valence-corrected chi connectivity index (χ0v) is 14.0. The summed E-state index contributed by atoms with van der Waals surface area (Å²) in [4.78, 5) is 41.7. The van der Waals surface area contributed by atoms with Gasteiger partial charge in [0.2, 0.25) is 5.69 Å². The van der Waals surface area contributed by atoms with Gasteiger partial charge in [0, 0.05) is 10.6 Å². The van der Waals surface area contributed by atoms with Gasteiger partial charge in [-0.2, -0.15) is 0 Å². The molecule has 3 rings (SSSR count). The Bertz CT molecular complexity index is 1040. The number of para-hydroxylation sites is 2. The van der Waals surface area contributed by atoms with Crippen LogP contribution in [0.3, 0.4) is 0 Å². The molecule has 0 saturated carbocycles. The highest BCUT2D eigenvalue weighted by Crippen LogP contribution is 2.15. The number of carbonyl (C=O) groups excluding carboxylic acids is 2. The minimum atomic E-state index is -0.870. The number of nitrogens with zero attached hydrogens (tertiary/aromatic N) is 2. The summed E-state index contributed by atoms with van der Waals surface area (Å²) in [6.45, 7) is 1.71. The van der Waals surface area contributed by atoms with Gasteiger partial charge in [-0.1, -0.05) is 29.8 Å². The first-order valence-electron chi connectivity index (χ1n) is 7.52. The van der Waals surface area contributed by atoms with Crippen LogP contribution in [0.1, 0.15) is 27.8 Å². The van der Waals surface area contributed by atoms with E-state index in [9.17, 15) is 14.4 Å². The van der Waals surface area contributed by atoms with Crippen molar-refractivity contribution in [3.63, 3.8) is 0 Å². The van der Waals surface area contributed by atoms with Gasteiger partial charge in [0.1, 0.15) is 0 Å². The standard InChI is InChI=1S/C18H13ClN2O4/c1-2-25-18(24)15-17(23)21(14-9-4-3-8-13(14)20-15)16(22)11-6-5-7-12(19)10-11/h3-10H,2H2,1H3. The Morgan fingerprint density at radius 2 is 1.92 bits per heavy atom. The van der Waals surface area contributed by atoms with Gasteiger partial charge < -0.3 is 4.74 Å². The second-order valence-corrected chi connectivity index (χ2v) is 5.56. The van der Waals surface area contributed by atoms with Gasteiger partial charge in [0.15, 0.2) is 0 Å². The van der Waals surface area contributed by atoms with Gasteiger partial charge in [-0.15, -0.1) is 0 Å². The van der Waals surface area contributed by atoms with E-state index in [1.54, 1.807) is 49.4 Å². The lowest BCUT2D eigenvalue weighted by atomic mass is 10.2. The van der Waals surface area contributed by atoms with E-state index >= 15 is 0 Å². The molecule has 0 aliphatic rings. The summed E-state index contributed by atoms with van der Waals surface area (Å²) in [5.74, 6) is -1.47. The summed E-state index contributed by atoms with van der Waals surface area (Å²) in [7, 11) is 0. The maximum absolute atomic E-state index is 12.9. The van der Waals surface area contributed by atoms with Crippen molar-refractivity contribution in [1.29, 1.82) is 0 Å². The van der Waals surface area contributed by atoms with Crippen molar-refractivity contribution in [3.05, 3.63) is 75.2 Å². The number of carbonyl (C=O) groups is 2. The van der Waals surface area contributed by atoms with E-state index in [0.717, 1.165) is 4.57 Å². The number of esters is 1. The Kier molecular flexibility index (Phi) is 4.63. The fourth-order valence-electron chi connectivity index (χ4n) is 2.42. The summed E-state index contributed by atoms with van der Waals surface area (Å²) in [5, 5.41) is 0.364. The molecule has 25 heavy (non-hydrogen) atoms. The number of benzene rings is 2. The number of fused-ring (bicyclic) bond motifs is 1. The van der Waals surface area contributed by atoms with Crippen LogP contribution in [0.15, 0.2) is 53.3 Å². The van der Waals surface area contributed by atoms with Gasteiger partial charge >= 0.3 is 5.97 Å². The van der Waals surface area contributed by atoms with Gasteiger partial charge in [0.05, 0.1) is 17.6 Å².